The molecule has 0 saturated carbocycles. The Hall–Kier alpha value is -1.39. The Morgan fingerprint density at radius 3 is 2.31 bits per heavy atom. The Bertz CT molecular complexity index is 271. The Morgan fingerprint density at radius 1 is 1.54 bits per heavy atom. The van der Waals surface area contributed by atoms with Crippen LogP contribution in [0.5, 0.6) is 0 Å². The molecule has 0 aromatic heterocycles. The zero-order valence-corrected chi connectivity index (χ0v) is 7.48. The van der Waals surface area contributed by atoms with Gasteiger partial charge in [0.15, 0.2) is 0 Å². The van der Waals surface area contributed by atoms with Gasteiger partial charge in [-0.15, -0.1) is 0 Å². The molecule has 1 heterocycles. The number of hydrogen-bond acceptors (Lipinski definition) is 3. The van der Waals surface area contributed by atoms with Crippen molar-refractivity contribution in [2.24, 2.45) is 5.92 Å². The van der Waals surface area contributed by atoms with Crippen molar-refractivity contribution < 1.29 is 19.5 Å². The number of nitrogens with zero attached hydrogens (tertiary/aromatic N) is 1. The van der Waals surface area contributed by atoms with Gasteiger partial charge in [0.1, 0.15) is 5.92 Å². The molecular weight excluding hydrogens is 174 g/mol. The van der Waals surface area contributed by atoms with Gasteiger partial charge in [-0.05, 0) is 13.8 Å². The average molecular weight is 185 g/mol. The quantitative estimate of drug-likeness (QED) is 0.465. The maximum Gasteiger partial charge on any atom is 0.316 e. The van der Waals surface area contributed by atoms with E-state index < -0.39 is 23.6 Å². The number of amides is 1. The lowest BCUT2D eigenvalue weighted by molar-refractivity contribution is -0.147. The van der Waals surface area contributed by atoms with E-state index in [1.54, 1.807) is 13.8 Å². The summed E-state index contributed by atoms with van der Waals surface area (Å²) < 4.78 is 0. The summed E-state index contributed by atoms with van der Waals surface area (Å²) in [6.07, 6.45) is 0. The predicted octanol–water partition coefficient (Wildman–Crippen LogP) is -0.493. The van der Waals surface area contributed by atoms with Crippen molar-refractivity contribution in [2.45, 2.75) is 19.9 Å². The van der Waals surface area contributed by atoms with E-state index in [9.17, 15) is 14.4 Å². The number of likely N-dealkylation sites (tertiary alicyclic amines) is 1. The number of carboxylic acid groups (broad SMARTS) is 1. The lowest BCUT2D eigenvalue weighted by Gasteiger charge is -2.18. The molecule has 0 bridgehead atoms. The maximum atomic E-state index is 11.2. The van der Waals surface area contributed by atoms with Crippen LogP contribution in [0.15, 0.2) is 0 Å². The Morgan fingerprint density at radius 2 is 2.08 bits per heavy atom. The minimum Gasteiger partial charge on any atom is -0.481 e. The lowest BCUT2D eigenvalue weighted by Crippen LogP contribution is -2.33. The number of carbonyl (C=O) groups is 3. The number of aliphatic carboxylic acids is 1. The van der Waals surface area contributed by atoms with Gasteiger partial charge in [-0.25, -0.2) is 0 Å². The van der Waals surface area contributed by atoms with E-state index in [1.165, 1.54) is 4.90 Å². The lowest BCUT2D eigenvalue weighted by atomic mass is 10.1. The molecule has 1 unspecified atom stereocenters. The number of carboxylic acids is 1. The SMILES string of the molecule is CC(C)N1CC(C(=O)O)C(=O)C1=O. The Labute approximate surface area is 75.3 Å². The molecule has 1 atom stereocenters. The highest BCUT2D eigenvalue weighted by molar-refractivity contribution is 6.42. The normalized spacial score (nSPS) is 23.0. The molecule has 72 valence electrons. The maximum absolute atomic E-state index is 11.2. The highest BCUT2D eigenvalue weighted by atomic mass is 16.4. The van der Waals surface area contributed by atoms with Crippen molar-refractivity contribution in [1.29, 1.82) is 0 Å². The second-order valence-electron chi connectivity index (χ2n) is 3.31. The first-order valence-corrected chi connectivity index (χ1v) is 4.02. The number of ketones is 1. The van der Waals surface area contributed by atoms with Crippen LogP contribution in [-0.4, -0.2) is 40.3 Å². The van der Waals surface area contributed by atoms with Gasteiger partial charge in [0.05, 0.1) is 0 Å². The van der Waals surface area contributed by atoms with Crippen molar-refractivity contribution >= 4 is 17.7 Å². The number of Topliss-reactive ketones (excluding diaryl/α,β-unsaturated/α-hetero) is 1. The Kier molecular flexibility index (Phi) is 2.36. The van der Waals surface area contributed by atoms with E-state index in [2.05, 4.69) is 0 Å². The van der Waals surface area contributed by atoms with Gasteiger partial charge in [-0.1, -0.05) is 0 Å². The van der Waals surface area contributed by atoms with E-state index >= 15 is 0 Å². The van der Waals surface area contributed by atoms with Gasteiger partial charge >= 0.3 is 5.97 Å². The van der Waals surface area contributed by atoms with Gasteiger partial charge in [0.25, 0.3) is 5.91 Å². The third-order valence-corrected chi connectivity index (χ3v) is 2.09. The fraction of sp³-hybridized carbons (Fsp3) is 0.625. The summed E-state index contributed by atoms with van der Waals surface area (Å²) in [5.74, 6) is -3.88. The van der Waals surface area contributed by atoms with Crippen molar-refractivity contribution in [3.05, 3.63) is 0 Å². The van der Waals surface area contributed by atoms with Gasteiger partial charge in [0, 0.05) is 12.6 Å². The van der Waals surface area contributed by atoms with E-state index in [0.717, 1.165) is 0 Å². The van der Waals surface area contributed by atoms with Crippen molar-refractivity contribution in [2.75, 3.05) is 6.54 Å². The van der Waals surface area contributed by atoms with Crippen LogP contribution in [0.4, 0.5) is 0 Å². The smallest absolute Gasteiger partial charge is 0.316 e. The molecule has 1 rings (SSSR count). The van der Waals surface area contributed by atoms with Crippen molar-refractivity contribution in [3.8, 4) is 0 Å². The van der Waals surface area contributed by atoms with Gasteiger partial charge < -0.3 is 10.0 Å². The standard InChI is InChI=1S/C8H11NO4/c1-4(2)9-3-5(8(12)13)6(10)7(9)11/h4-5H,3H2,1-2H3,(H,12,13). The summed E-state index contributed by atoms with van der Waals surface area (Å²) in [7, 11) is 0. The van der Waals surface area contributed by atoms with Crippen molar-refractivity contribution in [1.82, 2.24) is 4.90 Å². The molecule has 5 heteroatoms. The van der Waals surface area contributed by atoms with Crippen LogP contribution >= 0.6 is 0 Å². The summed E-state index contributed by atoms with van der Waals surface area (Å²) >= 11 is 0. The molecule has 1 amide bonds. The van der Waals surface area contributed by atoms with E-state index in [-0.39, 0.29) is 12.6 Å². The van der Waals surface area contributed by atoms with Crippen LogP contribution in [0.1, 0.15) is 13.8 Å². The monoisotopic (exact) mass is 185 g/mol. The molecule has 1 aliphatic heterocycles. The van der Waals surface area contributed by atoms with Crippen LogP contribution in [0.25, 0.3) is 0 Å². The zero-order valence-electron chi connectivity index (χ0n) is 7.48. The molecule has 1 aliphatic rings. The van der Waals surface area contributed by atoms with Crippen LogP contribution in [0.3, 0.4) is 0 Å². The summed E-state index contributed by atoms with van der Waals surface area (Å²) in [4.78, 5) is 34.1. The van der Waals surface area contributed by atoms with E-state index in [0.29, 0.717) is 0 Å². The van der Waals surface area contributed by atoms with E-state index in [1.807, 2.05) is 0 Å². The third-order valence-electron chi connectivity index (χ3n) is 2.09. The van der Waals surface area contributed by atoms with Crippen LogP contribution in [-0.2, 0) is 14.4 Å². The van der Waals surface area contributed by atoms with Gasteiger partial charge in [0.2, 0.25) is 5.78 Å². The first kappa shape index (κ1) is 9.70. The van der Waals surface area contributed by atoms with E-state index in [4.69, 9.17) is 5.11 Å². The molecule has 1 fully saturated rings. The first-order chi connectivity index (χ1) is 5.95. The number of carbonyl (C=O) groups excluding carboxylic acids is 2. The summed E-state index contributed by atoms with van der Waals surface area (Å²) in [5.41, 5.74) is 0. The molecule has 13 heavy (non-hydrogen) atoms. The van der Waals surface area contributed by atoms with Gasteiger partial charge in [-0.3, -0.25) is 14.4 Å². The molecule has 0 aromatic carbocycles. The number of rotatable bonds is 2. The molecule has 0 aliphatic carbocycles. The molecule has 0 radical (unpaired) electrons. The first-order valence-electron chi connectivity index (χ1n) is 4.02. The van der Waals surface area contributed by atoms with Crippen LogP contribution in [0, 0.1) is 5.92 Å². The highest BCUT2D eigenvalue weighted by Gasteiger charge is 2.43. The largest absolute Gasteiger partial charge is 0.481 e. The molecule has 0 spiro atoms. The minimum absolute atomic E-state index is 0.00463. The van der Waals surface area contributed by atoms with Crippen LogP contribution < -0.4 is 0 Å². The van der Waals surface area contributed by atoms with Crippen molar-refractivity contribution in [3.63, 3.8) is 0 Å². The minimum atomic E-state index is -1.22. The summed E-state index contributed by atoms with van der Waals surface area (Å²) in [6.45, 7) is 3.50. The molecule has 0 aromatic rings. The van der Waals surface area contributed by atoms with Gasteiger partial charge in [-0.2, -0.15) is 0 Å². The second kappa shape index (κ2) is 3.16. The molecule has 1 N–H and O–H groups in total. The molecule has 5 nitrogen and oxygen atoms in total. The predicted molar refractivity (Wildman–Crippen MR) is 43.0 cm³/mol. The number of hydrogen-bond donors (Lipinski definition) is 1. The Balaban J connectivity index is 2.85. The average Bonchev–Trinajstić information content (AvgIpc) is 2.29. The summed E-state index contributed by atoms with van der Waals surface area (Å²) in [5, 5.41) is 8.60. The molecule has 1 saturated heterocycles. The fourth-order valence-electron chi connectivity index (χ4n) is 1.29. The fourth-order valence-corrected chi connectivity index (χ4v) is 1.29. The molecular formula is C8H11NO4. The topological polar surface area (TPSA) is 74.7 Å². The zero-order chi connectivity index (χ0) is 10.2. The van der Waals surface area contributed by atoms with Crippen LogP contribution in [0.2, 0.25) is 0 Å². The summed E-state index contributed by atoms with van der Waals surface area (Å²) in [6, 6.07) is -0.124. The third kappa shape index (κ3) is 1.54. The second-order valence-corrected chi connectivity index (χ2v) is 3.31. The highest BCUT2D eigenvalue weighted by Crippen LogP contribution is 2.16.